The van der Waals surface area contributed by atoms with Gasteiger partial charge in [0.25, 0.3) is 5.91 Å². The summed E-state index contributed by atoms with van der Waals surface area (Å²) in [5.74, 6) is -0.194. The van der Waals surface area contributed by atoms with Crippen LogP contribution in [0.2, 0.25) is 0 Å². The van der Waals surface area contributed by atoms with Crippen LogP contribution in [0.3, 0.4) is 0 Å². The van der Waals surface area contributed by atoms with Crippen LogP contribution < -0.4 is 11.1 Å². The van der Waals surface area contributed by atoms with Gasteiger partial charge in [0, 0.05) is 30.6 Å². The Kier molecular flexibility index (Phi) is 6.28. The number of carbonyl (C=O) groups excluding carboxylic acids is 2. The fourth-order valence-electron chi connectivity index (χ4n) is 5.58. The molecule has 6 heteroatoms. The summed E-state index contributed by atoms with van der Waals surface area (Å²) >= 11 is 0. The van der Waals surface area contributed by atoms with Gasteiger partial charge < -0.3 is 11.1 Å². The highest BCUT2D eigenvalue weighted by Crippen LogP contribution is 2.56. The van der Waals surface area contributed by atoms with E-state index in [2.05, 4.69) is 64.1 Å². The second-order valence-corrected chi connectivity index (χ2v) is 12.2. The number of nitrogens with two attached hydrogens (primary N) is 1. The second-order valence-electron chi connectivity index (χ2n) is 12.2. The van der Waals surface area contributed by atoms with Gasteiger partial charge in [-0.2, -0.15) is 5.10 Å². The Morgan fingerprint density at radius 1 is 1.14 bits per heavy atom. The molecule has 186 valence electrons. The van der Waals surface area contributed by atoms with Gasteiger partial charge in [0.05, 0.1) is 23.0 Å². The van der Waals surface area contributed by atoms with Crippen LogP contribution in [0.25, 0.3) is 16.6 Å². The Hall–Kier alpha value is -3.15. The molecular formula is C29H38N4O2. The molecule has 6 nitrogen and oxygen atoms in total. The number of nitrogens with one attached hydrogen (secondary N) is 1. The third-order valence-corrected chi connectivity index (χ3v) is 8.05. The van der Waals surface area contributed by atoms with Gasteiger partial charge in [-0.05, 0) is 40.7 Å². The molecule has 0 saturated heterocycles. The van der Waals surface area contributed by atoms with Crippen LogP contribution in [-0.4, -0.2) is 27.3 Å². The maximum atomic E-state index is 12.9. The Morgan fingerprint density at radius 2 is 1.83 bits per heavy atom. The molecule has 1 saturated carbocycles. The Labute approximate surface area is 208 Å². The van der Waals surface area contributed by atoms with Gasteiger partial charge >= 0.3 is 0 Å². The minimum atomic E-state index is -0.510. The van der Waals surface area contributed by atoms with Crippen molar-refractivity contribution < 1.29 is 9.59 Å². The van der Waals surface area contributed by atoms with Crippen LogP contribution in [0.4, 0.5) is 5.69 Å². The number of hydrogen-bond donors (Lipinski definition) is 2. The standard InChI is InChI=1S/C29H38N4O2/c1-27(2,3)15-21(34)16-29(6)13-12-24(28(29,4)5)32-25-22(26(30)35)17-31-33-18-20(14-23(25)33)19-10-8-7-9-11-19/h7-11,14,17-18,24,32H,12-13,15-16H2,1-6H3,(H2,30,35)/t24-,29-/m1/s1. The zero-order valence-electron chi connectivity index (χ0n) is 21.8. The number of benzene rings is 1. The first-order valence-electron chi connectivity index (χ1n) is 12.5. The Bertz CT molecular complexity index is 1250. The number of aromatic nitrogens is 2. The van der Waals surface area contributed by atoms with Gasteiger partial charge in [0.15, 0.2) is 0 Å². The number of Topliss-reactive ketones (excluding diaryl/α,β-unsaturated/α-hetero) is 1. The maximum Gasteiger partial charge on any atom is 0.252 e. The van der Waals surface area contributed by atoms with E-state index in [4.69, 9.17) is 5.73 Å². The van der Waals surface area contributed by atoms with Crippen LogP contribution in [0, 0.1) is 16.2 Å². The van der Waals surface area contributed by atoms with Crippen LogP contribution in [0.1, 0.15) is 77.6 Å². The second kappa shape index (κ2) is 8.81. The summed E-state index contributed by atoms with van der Waals surface area (Å²) in [6, 6.07) is 12.2. The zero-order valence-corrected chi connectivity index (χ0v) is 21.8. The van der Waals surface area contributed by atoms with E-state index in [-0.39, 0.29) is 22.3 Å². The minimum absolute atomic E-state index is 0.0155. The van der Waals surface area contributed by atoms with Crippen molar-refractivity contribution in [3.63, 3.8) is 0 Å². The molecule has 3 aromatic rings. The maximum absolute atomic E-state index is 12.9. The molecule has 1 aliphatic carbocycles. The third-order valence-electron chi connectivity index (χ3n) is 8.05. The van der Waals surface area contributed by atoms with Crippen molar-refractivity contribution in [2.24, 2.45) is 22.0 Å². The minimum Gasteiger partial charge on any atom is -0.379 e. The highest BCUT2D eigenvalue weighted by molar-refractivity contribution is 6.02. The first kappa shape index (κ1) is 25.0. The van der Waals surface area contributed by atoms with Gasteiger partial charge in [-0.15, -0.1) is 0 Å². The summed E-state index contributed by atoms with van der Waals surface area (Å²) in [5, 5.41) is 8.15. The van der Waals surface area contributed by atoms with Crippen molar-refractivity contribution in [2.75, 3.05) is 5.32 Å². The normalized spacial score (nSPS) is 21.8. The molecule has 3 N–H and O–H groups in total. The van der Waals surface area contributed by atoms with E-state index < -0.39 is 5.91 Å². The number of anilines is 1. The molecule has 0 aliphatic heterocycles. The molecule has 0 radical (unpaired) electrons. The topological polar surface area (TPSA) is 89.5 Å². The van der Waals surface area contributed by atoms with Crippen LogP contribution in [0.5, 0.6) is 0 Å². The quantitative estimate of drug-likeness (QED) is 0.433. The largest absolute Gasteiger partial charge is 0.379 e. The molecule has 1 aliphatic rings. The molecule has 2 aromatic heterocycles. The lowest BCUT2D eigenvalue weighted by Crippen LogP contribution is -2.42. The number of primary amides is 1. The van der Waals surface area contributed by atoms with Crippen molar-refractivity contribution in [1.29, 1.82) is 0 Å². The fourth-order valence-corrected chi connectivity index (χ4v) is 5.58. The lowest BCUT2D eigenvalue weighted by Gasteiger charge is -2.42. The summed E-state index contributed by atoms with van der Waals surface area (Å²) < 4.78 is 1.80. The van der Waals surface area contributed by atoms with Gasteiger partial charge in [-0.25, -0.2) is 4.52 Å². The summed E-state index contributed by atoms with van der Waals surface area (Å²) in [5.41, 5.74) is 9.44. The highest BCUT2D eigenvalue weighted by atomic mass is 16.1. The predicted molar refractivity (Wildman–Crippen MR) is 141 cm³/mol. The molecule has 2 atom stereocenters. The van der Waals surface area contributed by atoms with Gasteiger partial charge in [0.2, 0.25) is 0 Å². The van der Waals surface area contributed by atoms with E-state index in [1.807, 2.05) is 30.5 Å². The molecule has 1 aromatic carbocycles. The van der Waals surface area contributed by atoms with E-state index in [1.165, 1.54) is 0 Å². The fraction of sp³-hybridized carbons (Fsp3) is 0.483. The Balaban J connectivity index is 1.68. The number of amides is 1. The van der Waals surface area contributed by atoms with Crippen molar-refractivity contribution in [2.45, 2.75) is 73.3 Å². The van der Waals surface area contributed by atoms with Crippen molar-refractivity contribution >= 4 is 22.9 Å². The third kappa shape index (κ3) is 4.84. The van der Waals surface area contributed by atoms with Crippen LogP contribution >= 0.6 is 0 Å². The molecule has 35 heavy (non-hydrogen) atoms. The van der Waals surface area contributed by atoms with Crippen molar-refractivity contribution in [3.8, 4) is 11.1 Å². The molecule has 0 spiro atoms. The van der Waals surface area contributed by atoms with E-state index in [1.54, 1.807) is 10.7 Å². The smallest absolute Gasteiger partial charge is 0.252 e. The summed E-state index contributed by atoms with van der Waals surface area (Å²) in [6.45, 7) is 13.0. The SMILES string of the molecule is CC(C)(C)CC(=O)C[C@@]1(C)CC[C@@H](Nc2c(C(N)=O)cnn3cc(-c4ccccc4)cc23)C1(C)C. The number of hydrogen-bond acceptors (Lipinski definition) is 4. The number of fused-ring (bicyclic) bond motifs is 1. The molecule has 4 rings (SSSR count). The number of nitrogens with zero attached hydrogens (tertiary/aromatic N) is 2. The van der Waals surface area contributed by atoms with Gasteiger partial charge in [0.1, 0.15) is 5.78 Å². The summed E-state index contributed by atoms with van der Waals surface area (Å²) in [6.07, 6.45) is 6.51. The van der Waals surface area contributed by atoms with E-state index in [9.17, 15) is 9.59 Å². The van der Waals surface area contributed by atoms with E-state index >= 15 is 0 Å². The molecule has 1 amide bonds. The monoisotopic (exact) mass is 474 g/mol. The molecule has 0 unspecified atom stereocenters. The van der Waals surface area contributed by atoms with Crippen LogP contribution in [0.15, 0.2) is 48.8 Å². The van der Waals surface area contributed by atoms with Gasteiger partial charge in [-0.1, -0.05) is 71.9 Å². The average Bonchev–Trinajstić information content (AvgIpc) is 3.28. The van der Waals surface area contributed by atoms with E-state index in [0.29, 0.717) is 29.9 Å². The van der Waals surface area contributed by atoms with Crippen LogP contribution in [-0.2, 0) is 4.79 Å². The van der Waals surface area contributed by atoms with Gasteiger partial charge in [-0.3, -0.25) is 9.59 Å². The molecule has 0 bridgehead atoms. The predicted octanol–water partition coefficient (Wildman–Crippen LogP) is 6.10. The lowest BCUT2D eigenvalue weighted by atomic mass is 9.64. The molecule has 1 fully saturated rings. The summed E-state index contributed by atoms with van der Waals surface area (Å²) in [4.78, 5) is 25.3. The first-order valence-corrected chi connectivity index (χ1v) is 12.5. The number of ketones is 1. The summed E-state index contributed by atoms with van der Waals surface area (Å²) in [7, 11) is 0. The molecule has 2 heterocycles. The average molecular weight is 475 g/mol. The number of carbonyl (C=O) groups is 2. The van der Waals surface area contributed by atoms with E-state index in [0.717, 1.165) is 29.5 Å². The molecular weight excluding hydrogens is 436 g/mol. The first-order chi connectivity index (χ1) is 16.3. The van der Waals surface area contributed by atoms with Crippen molar-refractivity contribution in [3.05, 3.63) is 54.4 Å². The van der Waals surface area contributed by atoms with Crippen molar-refractivity contribution in [1.82, 2.24) is 9.61 Å². The number of rotatable bonds is 7. The zero-order chi connectivity index (χ0) is 25.6. The highest BCUT2D eigenvalue weighted by Gasteiger charge is 2.52. The Morgan fingerprint density at radius 3 is 2.46 bits per heavy atom. The lowest BCUT2D eigenvalue weighted by molar-refractivity contribution is -0.124.